The number of carbonyl (C=O) groups excluding carboxylic acids is 1. The normalized spacial score (nSPS) is 26.5. The Morgan fingerprint density at radius 1 is 1.41 bits per heavy atom. The fourth-order valence-electron chi connectivity index (χ4n) is 1.92. The van der Waals surface area contributed by atoms with Gasteiger partial charge in [-0.1, -0.05) is 6.92 Å². The van der Waals surface area contributed by atoms with Crippen molar-refractivity contribution >= 4 is 12.0 Å². The van der Waals surface area contributed by atoms with Crippen molar-refractivity contribution in [3.05, 3.63) is 0 Å². The van der Waals surface area contributed by atoms with E-state index in [9.17, 15) is 14.7 Å². The zero-order valence-corrected chi connectivity index (χ0v) is 10.2. The Hall–Kier alpha value is -1.30. The van der Waals surface area contributed by atoms with Crippen molar-refractivity contribution < 1.29 is 19.8 Å². The predicted molar refractivity (Wildman–Crippen MR) is 61.6 cm³/mol. The van der Waals surface area contributed by atoms with Crippen LogP contribution in [0.5, 0.6) is 0 Å². The summed E-state index contributed by atoms with van der Waals surface area (Å²) in [7, 11) is 0. The summed E-state index contributed by atoms with van der Waals surface area (Å²) in [6.07, 6.45) is 1.55. The van der Waals surface area contributed by atoms with Crippen LogP contribution in [0.2, 0.25) is 0 Å². The van der Waals surface area contributed by atoms with Gasteiger partial charge in [0.15, 0.2) is 0 Å². The van der Waals surface area contributed by atoms with Crippen molar-refractivity contribution in [1.29, 1.82) is 0 Å². The van der Waals surface area contributed by atoms with Gasteiger partial charge in [0, 0.05) is 12.6 Å². The first kappa shape index (κ1) is 13.8. The van der Waals surface area contributed by atoms with Gasteiger partial charge in [-0.05, 0) is 25.7 Å². The Balaban J connectivity index is 2.20. The average Bonchev–Trinajstić information content (AvgIpc) is 2.10. The Morgan fingerprint density at radius 3 is 2.47 bits per heavy atom. The van der Waals surface area contributed by atoms with Crippen molar-refractivity contribution in [3.8, 4) is 0 Å². The maximum absolute atomic E-state index is 11.4. The molecule has 0 spiro atoms. The molecule has 0 aliphatic heterocycles. The Labute approximate surface area is 100 Å². The summed E-state index contributed by atoms with van der Waals surface area (Å²) in [6, 6.07) is -0.151. The molecule has 4 N–H and O–H groups in total. The summed E-state index contributed by atoms with van der Waals surface area (Å²) in [4.78, 5) is 21.8. The molecule has 0 saturated heterocycles. The molecule has 1 atom stereocenters. The first-order chi connectivity index (χ1) is 7.78. The lowest BCUT2D eigenvalue weighted by molar-refractivity contribution is -0.141. The van der Waals surface area contributed by atoms with E-state index in [1.807, 2.05) is 0 Å². The number of aliphatic hydroxyl groups is 1. The summed E-state index contributed by atoms with van der Waals surface area (Å²) in [6.45, 7) is 3.42. The zero-order valence-electron chi connectivity index (χ0n) is 10.2. The lowest BCUT2D eigenvalue weighted by Gasteiger charge is -2.33. The highest BCUT2D eigenvalue weighted by atomic mass is 16.4. The van der Waals surface area contributed by atoms with Crippen LogP contribution in [0.4, 0.5) is 4.79 Å². The number of amides is 2. The van der Waals surface area contributed by atoms with Crippen molar-refractivity contribution in [2.24, 2.45) is 5.92 Å². The average molecular weight is 244 g/mol. The lowest BCUT2D eigenvalue weighted by Crippen LogP contribution is -2.51. The summed E-state index contributed by atoms with van der Waals surface area (Å²) in [5.41, 5.74) is -1.42. The molecule has 17 heavy (non-hydrogen) atoms. The van der Waals surface area contributed by atoms with Crippen LogP contribution in [0.3, 0.4) is 0 Å². The number of urea groups is 1. The van der Waals surface area contributed by atoms with E-state index in [0.717, 1.165) is 12.8 Å². The molecule has 1 saturated carbocycles. The molecule has 0 aromatic carbocycles. The summed E-state index contributed by atoms with van der Waals surface area (Å²) in [5, 5.41) is 23.4. The van der Waals surface area contributed by atoms with Crippen LogP contribution < -0.4 is 10.6 Å². The third-order valence-corrected chi connectivity index (χ3v) is 2.87. The third kappa shape index (κ3) is 5.04. The number of aliphatic carboxylic acids is 1. The fraction of sp³-hybridized carbons (Fsp3) is 0.818. The maximum Gasteiger partial charge on any atom is 0.315 e. The molecule has 1 aliphatic carbocycles. The van der Waals surface area contributed by atoms with Crippen molar-refractivity contribution in [1.82, 2.24) is 10.6 Å². The Bertz CT molecular complexity index is 298. The van der Waals surface area contributed by atoms with Crippen molar-refractivity contribution in [2.75, 3.05) is 6.54 Å². The number of hydrogen-bond acceptors (Lipinski definition) is 3. The van der Waals surface area contributed by atoms with Crippen LogP contribution in [0.1, 0.15) is 33.1 Å². The van der Waals surface area contributed by atoms with Gasteiger partial charge >= 0.3 is 12.0 Å². The monoisotopic (exact) mass is 244 g/mol. The van der Waals surface area contributed by atoms with E-state index < -0.39 is 18.0 Å². The fourth-order valence-corrected chi connectivity index (χ4v) is 1.92. The molecule has 1 fully saturated rings. The molecule has 1 rings (SSSR count). The molecule has 1 unspecified atom stereocenters. The van der Waals surface area contributed by atoms with E-state index in [0.29, 0.717) is 5.92 Å². The van der Waals surface area contributed by atoms with Crippen LogP contribution in [0.25, 0.3) is 0 Å². The van der Waals surface area contributed by atoms with Crippen molar-refractivity contribution in [2.45, 2.75) is 44.8 Å². The van der Waals surface area contributed by atoms with Crippen LogP contribution >= 0.6 is 0 Å². The Kier molecular flexibility index (Phi) is 4.34. The molecule has 6 heteroatoms. The number of nitrogens with one attached hydrogen (secondary N) is 2. The minimum Gasteiger partial charge on any atom is -0.481 e. The predicted octanol–water partition coefficient (Wildman–Crippen LogP) is 0.310. The molecule has 0 aromatic heterocycles. The van der Waals surface area contributed by atoms with Gasteiger partial charge in [-0.3, -0.25) is 4.79 Å². The van der Waals surface area contributed by atoms with E-state index >= 15 is 0 Å². The second kappa shape index (κ2) is 5.35. The number of carboxylic acid groups (broad SMARTS) is 1. The van der Waals surface area contributed by atoms with Gasteiger partial charge in [-0.2, -0.15) is 0 Å². The van der Waals surface area contributed by atoms with Crippen LogP contribution in [0, 0.1) is 5.92 Å². The standard InChI is InChI=1S/C11H20N2O4/c1-7-3-8(4-7)13-10(16)12-6-11(2,17)5-9(14)15/h7-8,17H,3-6H2,1-2H3,(H,14,15)(H2,12,13,16). The van der Waals surface area contributed by atoms with Gasteiger partial charge in [0.2, 0.25) is 0 Å². The molecule has 0 aromatic rings. The second-order valence-corrected chi connectivity index (χ2v) is 5.17. The van der Waals surface area contributed by atoms with E-state index in [-0.39, 0.29) is 18.6 Å². The molecular formula is C11H20N2O4. The minimum atomic E-state index is -1.42. The van der Waals surface area contributed by atoms with Gasteiger partial charge in [-0.25, -0.2) is 4.79 Å². The highest BCUT2D eigenvalue weighted by molar-refractivity contribution is 5.74. The lowest BCUT2D eigenvalue weighted by atomic mass is 9.82. The third-order valence-electron chi connectivity index (χ3n) is 2.87. The molecule has 98 valence electrons. The number of carboxylic acids is 1. The SMILES string of the molecule is CC1CC(NC(=O)NCC(C)(O)CC(=O)O)C1. The first-order valence-electron chi connectivity index (χ1n) is 5.77. The highest BCUT2D eigenvalue weighted by Gasteiger charge is 2.28. The summed E-state index contributed by atoms with van der Waals surface area (Å²) >= 11 is 0. The van der Waals surface area contributed by atoms with Crippen LogP contribution in [-0.2, 0) is 4.79 Å². The topological polar surface area (TPSA) is 98.7 Å². The van der Waals surface area contributed by atoms with Gasteiger partial charge < -0.3 is 20.8 Å². The molecule has 0 heterocycles. The number of rotatable bonds is 5. The molecule has 6 nitrogen and oxygen atoms in total. The molecule has 0 radical (unpaired) electrons. The molecule has 2 amide bonds. The molecule has 0 bridgehead atoms. The van der Waals surface area contributed by atoms with Gasteiger partial charge in [0.05, 0.1) is 12.0 Å². The highest BCUT2D eigenvalue weighted by Crippen LogP contribution is 2.25. The smallest absolute Gasteiger partial charge is 0.315 e. The maximum atomic E-state index is 11.4. The van der Waals surface area contributed by atoms with Crippen LogP contribution in [0.15, 0.2) is 0 Å². The van der Waals surface area contributed by atoms with E-state index in [1.54, 1.807) is 0 Å². The molecule has 1 aliphatic rings. The van der Waals surface area contributed by atoms with E-state index in [4.69, 9.17) is 5.11 Å². The van der Waals surface area contributed by atoms with Gasteiger partial charge in [0.1, 0.15) is 0 Å². The van der Waals surface area contributed by atoms with Crippen LogP contribution in [-0.4, -0.2) is 40.4 Å². The number of carbonyl (C=O) groups is 2. The van der Waals surface area contributed by atoms with E-state index in [2.05, 4.69) is 17.6 Å². The second-order valence-electron chi connectivity index (χ2n) is 5.17. The number of hydrogen-bond donors (Lipinski definition) is 4. The zero-order chi connectivity index (χ0) is 13.1. The van der Waals surface area contributed by atoms with Gasteiger partial charge in [-0.15, -0.1) is 0 Å². The van der Waals surface area contributed by atoms with Crippen molar-refractivity contribution in [3.63, 3.8) is 0 Å². The summed E-state index contributed by atoms with van der Waals surface area (Å²) in [5.74, 6) is -0.444. The minimum absolute atomic E-state index is 0.0760. The van der Waals surface area contributed by atoms with Gasteiger partial charge in [0.25, 0.3) is 0 Å². The first-order valence-corrected chi connectivity index (χ1v) is 5.77. The Morgan fingerprint density at radius 2 is 2.00 bits per heavy atom. The summed E-state index contributed by atoms with van der Waals surface area (Å²) < 4.78 is 0. The molecular weight excluding hydrogens is 224 g/mol. The van der Waals surface area contributed by atoms with E-state index in [1.165, 1.54) is 6.92 Å². The quantitative estimate of drug-likeness (QED) is 0.559. The largest absolute Gasteiger partial charge is 0.481 e.